The van der Waals surface area contributed by atoms with Crippen LogP contribution in [0.15, 0.2) is 42.5 Å². The number of methoxy groups -OCH3 is 2. The number of ether oxygens (including phenoxy) is 2. The molecule has 180 valence electrons. The number of nitrogens with one attached hydrogen (secondary N) is 1. The van der Waals surface area contributed by atoms with Crippen molar-refractivity contribution in [1.29, 1.82) is 0 Å². The number of benzene rings is 2. The fourth-order valence-electron chi connectivity index (χ4n) is 3.30. The van der Waals surface area contributed by atoms with E-state index >= 15 is 0 Å². The van der Waals surface area contributed by atoms with E-state index in [9.17, 15) is 16.8 Å². The van der Waals surface area contributed by atoms with Gasteiger partial charge < -0.3 is 13.7 Å². The lowest BCUT2D eigenvalue weighted by Gasteiger charge is -2.21. The van der Waals surface area contributed by atoms with Crippen molar-refractivity contribution >= 4 is 31.9 Å². The molecule has 0 aliphatic carbocycles. The highest BCUT2D eigenvalue weighted by molar-refractivity contribution is 7.92. The van der Waals surface area contributed by atoms with Crippen LogP contribution in [0.3, 0.4) is 0 Å². The molecule has 0 bridgehead atoms. The standard InChI is InChI=1S/C23H29NO7S2/c1-8-16-10-12-20(24-32(6,25)26)23(30-5)22(16)19-13-17(31-33(7,27)28)14-21(29-4)18(19)11-9-15(2)3/h8-10,12-14,24H,1,11H2,2-7H3. The Hall–Kier alpha value is -2.98. The Morgan fingerprint density at radius 1 is 1.06 bits per heavy atom. The Bertz CT molecular complexity index is 1290. The van der Waals surface area contributed by atoms with Crippen molar-refractivity contribution in [3.63, 3.8) is 0 Å². The fraction of sp³-hybridized carbons (Fsp3) is 0.304. The maximum Gasteiger partial charge on any atom is 0.306 e. The molecule has 2 aromatic rings. The first-order valence-electron chi connectivity index (χ1n) is 9.85. The minimum Gasteiger partial charge on any atom is -0.496 e. The monoisotopic (exact) mass is 495 g/mol. The summed E-state index contributed by atoms with van der Waals surface area (Å²) in [6.07, 6.45) is 6.05. The van der Waals surface area contributed by atoms with Crippen LogP contribution in [-0.4, -0.2) is 43.6 Å². The van der Waals surface area contributed by atoms with Gasteiger partial charge in [0.05, 0.1) is 32.4 Å². The SMILES string of the molecule is C=Cc1ccc(NS(C)(=O)=O)c(OC)c1-c1cc(OS(C)(=O)=O)cc(OC)c1CC=C(C)C. The summed E-state index contributed by atoms with van der Waals surface area (Å²) < 4.78 is 66.3. The second kappa shape index (κ2) is 10.3. The Kier molecular flexibility index (Phi) is 8.20. The van der Waals surface area contributed by atoms with Gasteiger partial charge in [-0.1, -0.05) is 30.4 Å². The van der Waals surface area contributed by atoms with Crippen molar-refractivity contribution in [2.24, 2.45) is 0 Å². The summed E-state index contributed by atoms with van der Waals surface area (Å²) in [4.78, 5) is 0. The van der Waals surface area contributed by atoms with Crippen molar-refractivity contribution in [2.75, 3.05) is 31.5 Å². The lowest BCUT2D eigenvalue weighted by atomic mass is 9.91. The second-order valence-electron chi connectivity index (χ2n) is 7.61. The maximum atomic E-state index is 11.9. The third-order valence-electron chi connectivity index (χ3n) is 4.54. The zero-order valence-electron chi connectivity index (χ0n) is 19.6. The predicted octanol–water partition coefficient (Wildman–Crippen LogP) is 4.23. The van der Waals surface area contributed by atoms with Gasteiger partial charge in [-0.25, -0.2) is 8.42 Å². The third-order valence-corrected chi connectivity index (χ3v) is 5.63. The minimum atomic E-state index is -3.81. The number of rotatable bonds is 10. The second-order valence-corrected chi connectivity index (χ2v) is 10.9. The highest BCUT2D eigenvalue weighted by Crippen LogP contribution is 2.45. The molecule has 8 nitrogen and oxygen atoms in total. The summed E-state index contributed by atoms with van der Waals surface area (Å²) in [5, 5.41) is 0. The van der Waals surface area contributed by atoms with Crippen LogP contribution in [0.25, 0.3) is 17.2 Å². The van der Waals surface area contributed by atoms with Gasteiger partial charge in [-0.05, 0) is 43.5 Å². The molecule has 33 heavy (non-hydrogen) atoms. The van der Waals surface area contributed by atoms with E-state index in [4.69, 9.17) is 13.7 Å². The average Bonchev–Trinajstić information content (AvgIpc) is 2.69. The zero-order chi connectivity index (χ0) is 25.0. The molecular formula is C23H29NO7S2. The van der Waals surface area contributed by atoms with Gasteiger partial charge in [0.1, 0.15) is 11.5 Å². The fourth-order valence-corrected chi connectivity index (χ4v) is 4.31. The van der Waals surface area contributed by atoms with Gasteiger partial charge in [0, 0.05) is 17.2 Å². The number of sulfonamides is 1. The van der Waals surface area contributed by atoms with Gasteiger partial charge in [-0.15, -0.1) is 0 Å². The van der Waals surface area contributed by atoms with E-state index < -0.39 is 20.1 Å². The first-order valence-corrected chi connectivity index (χ1v) is 13.6. The van der Waals surface area contributed by atoms with Crippen LogP contribution in [0.5, 0.6) is 17.2 Å². The largest absolute Gasteiger partial charge is 0.496 e. The maximum absolute atomic E-state index is 11.9. The van der Waals surface area contributed by atoms with Gasteiger partial charge in [0.15, 0.2) is 5.75 Å². The zero-order valence-corrected chi connectivity index (χ0v) is 21.2. The molecule has 0 unspecified atom stereocenters. The molecular weight excluding hydrogens is 466 g/mol. The molecule has 0 saturated heterocycles. The molecule has 0 saturated carbocycles. The van der Waals surface area contributed by atoms with Crippen LogP contribution in [0.2, 0.25) is 0 Å². The molecule has 0 heterocycles. The Labute approximate surface area is 196 Å². The third kappa shape index (κ3) is 7.00. The Morgan fingerprint density at radius 2 is 1.73 bits per heavy atom. The first kappa shape index (κ1) is 26.3. The summed E-state index contributed by atoms with van der Waals surface area (Å²) >= 11 is 0. The summed E-state index contributed by atoms with van der Waals surface area (Å²) in [6, 6.07) is 6.33. The van der Waals surface area contributed by atoms with E-state index in [1.54, 1.807) is 24.3 Å². The van der Waals surface area contributed by atoms with Crippen molar-refractivity contribution in [1.82, 2.24) is 0 Å². The minimum absolute atomic E-state index is 0.0452. The topological polar surface area (TPSA) is 108 Å². The van der Waals surface area contributed by atoms with Crippen LogP contribution in [0.1, 0.15) is 25.0 Å². The van der Waals surface area contributed by atoms with Gasteiger partial charge in [-0.3, -0.25) is 4.72 Å². The van der Waals surface area contributed by atoms with Crippen LogP contribution >= 0.6 is 0 Å². The normalized spacial score (nSPS) is 11.5. The highest BCUT2D eigenvalue weighted by Gasteiger charge is 2.23. The summed E-state index contributed by atoms with van der Waals surface area (Å²) in [6.45, 7) is 7.78. The van der Waals surface area contributed by atoms with E-state index in [1.807, 2.05) is 19.9 Å². The molecule has 10 heteroatoms. The van der Waals surface area contributed by atoms with Crippen molar-refractivity contribution in [3.05, 3.63) is 53.6 Å². The molecule has 0 aromatic heterocycles. The summed E-state index contributed by atoms with van der Waals surface area (Å²) in [5.74, 6) is 0.695. The quantitative estimate of drug-likeness (QED) is 0.388. The lowest BCUT2D eigenvalue weighted by molar-refractivity contribution is 0.407. The van der Waals surface area contributed by atoms with E-state index in [1.165, 1.54) is 20.3 Å². The smallest absolute Gasteiger partial charge is 0.306 e. The molecule has 0 atom stereocenters. The number of allylic oxidation sites excluding steroid dienone is 2. The first-order chi connectivity index (χ1) is 15.3. The highest BCUT2D eigenvalue weighted by atomic mass is 32.2. The lowest BCUT2D eigenvalue weighted by Crippen LogP contribution is -2.11. The van der Waals surface area contributed by atoms with Gasteiger partial charge in [-0.2, -0.15) is 8.42 Å². The molecule has 0 aliphatic rings. The Balaban J connectivity index is 3.00. The molecule has 2 aromatic carbocycles. The van der Waals surface area contributed by atoms with Crippen LogP contribution in [0, 0.1) is 0 Å². The van der Waals surface area contributed by atoms with Crippen LogP contribution in [0.4, 0.5) is 5.69 Å². The molecule has 0 radical (unpaired) electrons. The molecule has 2 rings (SSSR count). The van der Waals surface area contributed by atoms with Gasteiger partial charge in [0.25, 0.3) is 0 Å². The molecule has 0 fully saturated rings. The molecule has 0 amide bonds. The van der Waals surface area contributed by atoms with Crippen molar-refractivity contribution < 1.29 is 30.5 Å². The van der Waals surface area contributed by atoms with E-state index in [0.29, 0.717) is 28.9 Å². The number of anilines is 1. The van der Waals surface area contributed by atoms with E-state index in [-0.39, 0.29) is 17.2 Å². The summed E-state index contributed by atoms with van der Waals surface area (Å²) in [5.41, 5.74) is 3.73. The summed E-state index contributed by atoms with van der Waals surface area (Å²) in [7, 11) is -4.52. The van der Waals surface area contributed by atoms with Crippen molar-refractivity contribution in [3.8, 4) is 28.4 Å². The van der Waals surface area contributed by atoms with E-state index in [0.717, 1.165) is 23.6 Å². The molecule has 0 aliphatic heterocycles. The predicted molar refractivity (Wildman–Crippen MR) is 132 cm³/mol. The number of hydrogen-bond donors (Lipinski definition) is 1. The van der Waals surface area contributed by atoms with E-state index in [2.05, 4.69) is 11.3 Å². The number of hydrogen-bond acceptors (Lipinski definition) is 7. The van der Waals surface area contributed by atoms with Crippen LogP contribution < -0.4 is 18.4 Å². The van der Waals surface area contributed by atoms with Crippen LogP contribution in [-0.2, 0) is 26.6 Å². The Morgan fingerprint density at radius 3 is 2.21 bits per heavy atom. The van der Waals surface area contributed by atoms with Gasteiger partial charge in [0.2, 0.25) is 10.0 Å². The van der Waals surface area contributed by atoms with Crippen molar-refractivity contribution in [2.45, 2.75) is 20.3 Å². The van der Waals surface area contributed by atoms with Gasteiger partial charge >= 0.3 is 10.1 Å². The molecule has 0 spiro atoms. The average molecular weight is 496 g/mol. The molecule has 1 N–H and O–H groups in total.